The Bertz CT molecular complexity index is 1050. The number of urea groups is 1. The van der Waals surface area contributed by atoms with Crippen molar-refractivity contribution in [1.29, 1.82) is 0 Å². The van der Waals surface area contributed by atoms with Crippen LogP contribution in [0.25, 0.3) is 11.1 Å². The molecule has 9 nitrogen and oxygen atoms in total. The van der Waals surface area contributed by atoms with Crippen molar-refractivity contribution in [2.75, 3.05) is 31.2 Å². The summed E-state index contributed by atoms with van der Waals surface area (Å²) in [4.78, 5) is 26.3. The first-order valence-electron chi connectivity index (χ1n) is 9.80. The number of sulfonamides is 1. The first-order chi connectivity index (χ1) is 13.6. The Labute approximate surface area is 170 Å². The average molecular weight is 425 g/mol. The molecule has 0 spiro atoms. The van der Waals surface area contributed by atoms with E-state index in [9.17, 15) is 18.0 Å². The van der Waals surface area contributed by atoms with E-state index in [-0.39, 0.29) is 23.9 Å². The summed E-state index contributed by atoms with van der Waals surface area (Å²) in [6.45, 7) is 6.27. The number of carbonyl (C=O) groups excluding carboxylic acids is 1. The van der Waals surface area contributed by atoms with Gasteiger partial charge in [0.15, 0.2) is 5.58 Å². The van der Waals surface area contributed by atoms with Crippen molar-refractivity contribution >= 4 is 32.8 Å². The predicted molar refractivity (Wildman–Crippen MR) is 112 cm³/mol. The highest BCUT2D eigenvalue weighted by Crippen LogP contribution is 2.23. The number of fused-ring (bicyclic) bond motifs is 1. The van der Waals surface area contributed by atoms with Gasteiger partial charge in [-0.25, -0.2) is 22.3 Å². The van der Waals surface area contributed by atoms with Crippen LogP contribution < -0.4 is 11.1 Å². The van der Waals surface area contributed by atoms with Gasteiger partial charge in [-0.1, -0.05) is 0 Å². The van der Waals surface area contributed by atoms with E-state index in [0.29, 0.717) is 42.7 Å². The molecule has 2 aromatic rings. The molecule has 0 aliphatic carbocycles. The zero-order chi connectivity index (χ0) is 21.3. The molecule has 10 heteroatoms. The lowest BCUT2D eigenvalue weighted by Gasteiger charge is -2.35. The largest absolute Gasteiger partial charge is 0.420 e. The summed E-state index contributed by atoms with van der Waals surface area (Å²) in [5.41, 5.74) is 1.63. The van der Waals surface area contributed by atoms with Crippen LogP contribution in [0, 0.1) is 0 Å². The average Bonchev–Trinajstić information content (AvgIpc) is 3.02. The van der Waals surface area contributed by atoms with Crippen molar-refractivity contribution in [3.63, 3.8) is 0 Å². The fourth-order valence-electron chi connectivity index (χ4n) is 3.67. The summed E-state index contributed by atoms with van der Waals surface area (Å²) in [7, 11) is -1.49. The van der Waals surface area contributed by atoms with Crippen LogP contribution in [0.1, 0.15) is 39.7 Å². The van der Waals surface area contributed by atoms with Crippen LogP contribution in [0.2, 0.25) is 0 Å². The standard InChI is InChI=1S/C19H28N4O5S/c1-5-29(26,27)22-10-8-15(9-11-22)21(4)18(24)20-14-6-7-16-17(12-14)28-19(25)23(16)13(2)3/h6-7,12-13,15H,5,8-11H2,1-4H3,(H,20,24). The smallest absolute Gasteiger partial charge is 0.408 e. The number of piperidine rings is 1. The van der Waals surface area contributed by atoms with Crippen molar-refractivity contribution < 1.29 is 17.6 Å². The number of benzene rings is 1. The number of aromatic nitrogens is 1. The van der Waals surface area contributed by atoms with Gasteiger partial charge < -0.3 is 14.6 Å². The molecule has 0 atom stereocenters. The van der Waals surface area contributed by atoms with Crippen LogP contribution in [-0.4, -0.2) is 60.2 Å². The number of nitrogens with zero attached hydrogens (tertiary/aromatic N) is 3. The van der Waals surface area contributed by atoms with Gasteiger partial charge in [0, 0.05) is 44.0 Å². The van der Waals surface area contributed by atoms with Crippen molar-refractivity contribution in [2.24, 2.45) is 0 Å². The summed E-state index contributed by atoms with van der Waals surface area (Å²) >= 11 is 0. The second-order valence-electron chi connectivity index (χ2n) is 7.59. The van der Waals surface area contributed by atoms with Gasteiger partial charge in [0.25, 0.3) is 0 Å². The quantitative estimate of drug-likeness (QED) is 0.794. The fraction of sp³-hybridized carbons (Fsp3) is 0.579. The van der Waals surface area contributed by atoms with Crippen LogP contribution in [0.4, 0.5) is 10.5 Å². The summed E-state index contributed by atoms with van der Waals surface area (Å²) in [6.07, 6.45) is 1.18. The maximum Gasteiger partial charge on any atom is 0.420 e. The Kier molecular flexibility index (Phi) is 6.04. The minimum Gasteiger partial charge on any atom is -0.408 e. The van der Waals surface area contributed by atoms with Crippen LogP contribution in [0.3, 0.4) is 0 Å². The van der Waals surface area contributed by atoms with Gasteiger partial charge >= 0.3 is 11.8 Å². The number of hydrogen-bond donors (Lipinski definition) is 1. The van der Waals surface area contributed by atoms with Crippen molar-refractivity contribution in [2.45, 2.75) is 45.7 Å². The Hall–Kier alpha value is -2.33. The van der Waals surface area contributed by atoms with Gasteiger partial charge in [0.2, 0.25) is 10.0 Å². The number of amides is 2. The molecule has 0 radical (unpaired) electrons. The Morgan fingerprint density at radius 2 is 1.97 bits per heavy atom. The molecular weight excluding hydrogens is 396 g/mol. The normalized spacial score (nSPS) is 16.4. The van der Waals surface area contributed by atoms with E-state index >= 15 is 0 Å². The van der Waals surface area contributed by atoms with Gasteiger partial charge in [-0.15, -0.1) is 0 Å². The first-order valence-corrected chi connectivity index (χ1v) is 11.4. The molecule has 1 aliphatic rings. The number of hydrogen-bond acceptors (Lipinski definition) is 5. The lowest BCUT2D eigenvalue weighted by Crippen LogP contribution is -2.48. The Balaban J connectivity index is 1.66. The number of nitrogens with one attached hydrogen (secondary N) is 1. The van der Waals surface area contributed by atoms with E-state index in [1.54, 1.807) is 41.6 Å². The second-order valence-corrected chi connectivity index (χ2v) is 9.84. The van der Waals surface area contributed by atoms with Gasteiger partial charge in [-0.3, -0.25) is 4.57 Å². The summed E-state index contributed by atoms with van der Waals surface area (Å²) in [5, 5.41) is 2.83. The van der Waals surface area contributed by atoms with Gasteiger partial charge in [0.05, 0.1) is 11.3 Å². The molecular formula is C19H28N4O5S. The van der Waals surface area contributed by atoms with E-state index in [0.717, 1.165) is 0 Å². The molecule has 1 fully saturated rings. The molecule has 1 saturated heterocycles. The molecule has 0 unspecified atom stereocenters. The number of oxazole rings is 1. The maximum absolute atomic E-state index is 12.6. The minimum absolute atomic E-state index is 0.0299. The highest BCUT2D eigenvalue weighted by atomic mass is 32.2. The van der Waals surface area contributed by atoms with Crippen LogP contribution >= 0.6 is 0 Å². The molecule has 1 aromatic heterocycles. The van der Waals surface area contributed by atoms with Crippen LogP contribution in [-0.2, 0) is 10.0 Å². The topological polar surface area (TPSA) is 105 Å². The molecule has 0 saturated carbocycles. The monoisotopic (exact) mass is 424 g/mol. The lowest BCUT2D eigenvalue weighted by atomic mass is 10.1. The highest BCUT2D eigenvalue weighted by Gasteiger charge is 2.30. The third-order valence-corrected chi connectivity index (χ3v) is 7.31. The van der Waals surface area contributed by atoms with E-state index in [1.165, 1.54) is 4.31 Å². The Morgan fingerprint density at radius 3 is 2.55 bits per heavy atom. The predicted octanol–water partition coefficient (Wildman–Crippen LogP) is 2.45. The molecule has 0 bridgehead atoms. The van der Waals surface area contributed by atoms with Gasteiger partial charge in [0.1, 0.15) is 0 Å². The molecule has 1 aromatic carbocycles. The summed E-state index contributed by atoms with van der Waals surface area (Å²) in [6, 6.07) is 4.77. The number of rotatable bonds is 5. The molecule has 160 valence electrons. The van der Waals surface area contributed by atoms with Crippen molar-refractivity contribution in [1.82, 2.24) is 13.8 Å². The molecule has 1 N–H and O–H groups in total. The lowest BCUT2D eigenvalue weighted by molar-refractivity contribution is 0.174. The van der Waals surface area contributed by atoms with Crippen LogP contribution in [0.5, 0.6) is 0 Å². The van der Waals surface area contributed by atoms with Crippen LogP contribution in [0.15, 0.2) is 27.4 Å². The Morgan fingerprint density at radius 1 is 1.31 bits per heavy atom. The van der Waals surface area contributed by atoms with E-state index in [1.807, 2.05) is 13.8 Å². The highest BCUT2D eigenvalue weighted by molar-refractivity contribution is 7.89. The minimum atomic E-state index is -3.19. The molecule has 3 rings (SSSR count). The molecule has 29 heavy (non-hydrogen) atoms. The third-order valence-electron chi connectivity index (χ3n) is 5.43. The number of carbonyl (C=O) groups is 1. The van der Waals surface area contributed by atoms with Crippen molar-refractivity contribution in [3.8, 4) is 0 Å². The fourth-order valence-corrected chi connectivity index (χ4v) is 4.80. The number of anilines is 1. The molecule has 2 amide bonds. The molecule has 1 aliphatic heterocycles. The van der Waals surface area contributed by atoms with E-state index in [4.69, 9.17) is 4.42 Å². The zero-order valence-corrected chi connectivity index (χ0v) is 18.0. The molecule has 2 heterocycles. The van der Waals surface area contributed by atoms with E-state index < -0.39 is 15.8 Å². The SMILES string of the molecule is CCS(=O)(=O)N1CCC(N(C)C(=O)Nc2ccc3c(c2)oc(=O)n3C(C)C)CC1. The third kappa shape index (κ3) is 4.32. The summed E-state index contributed by atoms with van der Waals surface area (Å²) < 4.78 is 32.3. The van der Waals surface area contributed by atoms with Gasteiger partial charge in [-0.2, -0.15) is 0 Å². The maximum atomic E-state index is 12.6. The van der Waals surface area contributed by atoms with Crippen molar-refractivity contribution in [3.05, 3.63) is 28.7 Å². The van der Waals surface area contributed by atoms with E-state index in [2.05, 4.69) is 5.32 Å². The van der Waals surface area contributed by atoms with Gasteiger partial charge in [-0.05, 0) is 45.7 Å². The summed E-state index contributed by atoms with van der Waals surface area (Å²) in [5.74, 6) is -0.338. The first kappa shape index (κ1) is 21.4. The zero-order valence-electron chi connectivity index (χ0n) is 17.2. The second kappa shape index (κ2) is 8.19.